The van der Waals surface area contributed by atoms with Crippen LogP contribution in [0.3, 0.4) is 0 Å². The fourth-order valence-electron chi connectivity index (χ4n) is 3.05. The Balaban J connectivity index is 1.84. The molecule has 2 unspecified atom stereocenters. The molecule has 2 atom stereocenters. The predicted molar refractivity (Wildman–Crippen MR) is 62.5 cm³/mol. The smallest absolute Gasteiger partial charge is 0.303 e. The quantitative estimate of drug-likeness (QED) is 0.776. The lowest BCUT2D eigenvalue weighted by molar-refractivity contribution is -0.138. The number of rotatable bonds is 3. The first-order valence-corrected chi connectivity index (χ1v) is 6.29. The number of nitrogens with zero attached hydrogens (tertiary/aromatic N) is 2. The first kappa shape index (κ1) is 11.9. The third-order valence-electron chi connectivity index (χ3n) is 3.90. The van der Waals surface area contributed by atoms with Crippen molar-refractivity contribution in [1.29, 1.82) is 0 Å². The second-order valence-corrected chi connectivity index (χ2v) is 5.31. The average Bonchev–Trinajstić information content (AvgIpc) is 2.64. The molecule has 0 bridgehead atoms. The van der Waals surface area contributed by atoms with Crippen LogP contribution in [0.25, 0.3) is 0 Å². The maximum atomic E-state index is 10.7. The average molecular weight is 226 g/mol. The monoisotopic (exact) mass is 226 g/mol. The van der Waals surface area contributed by atoms with Gasteiger partial charge in [-0.2, -0.15) is 0 Å². The van der Waals surface area contributed by atoms with Crippen molar-refractivity contribution in [2.24, 2.45) is 5.92 Å². The summed E-state index contributed by atoms with van der Waals surface area (Å²) in [5.41, 5.74) is 0. The third kappa shape index (κ3) is 2.95. The molecule has 0 aromatic heterocycles. The van der Waals surface area contributed by atoms with Crippen LogP contribution in [0.2, 0.25) is 0 Å². The van der Waals surface area contributed by atoms with E-state index in [4.69, 9.17) is 5.11 Å². The zero-order chi connectivity index (χ0) is 11.5. The zero-order valence-electron chi connectivity index (χ0n) is 10.1. The molecule has 2 rings (SSSR count). The number of likely N-dealkylation sites (tertiary alicyclic amines) is 2. The summed E-state index contributed by atoms with van der Waals surface area (Å²) >= 11 is 0. The molecule has 92 valence electrons. The largest absolute Gasteiger partial charge is 0.481 e. The molecule has 2 aliphatic rings. The highest BCUT2D eigenvalue weighted by atomic mass is 16.4. The second kappa shape index (κ2) is 5.15. The standard InChI is InChI=1S/C12H22N2O2/c1-13-6-4-11(9-13)14-5-2-3-10(8-14)7-12(15)16/h10-11H,2-9H2,1H3,(H,15,16). The van der Waals surface area contributed by atoms with Crippen LogP contribution in [0.1, 0.15) is 25.7 Å². The molecule has 16 heavy (non-hydrogen) atoms. The summed E-state index contributed by atoms with van der Waals surface area (Å²) in [5, 5.41) is 8.83. The molecule has 0 spiro atoms. The van der Waals surface area contributed by atoms with Crippen molar-refractivity contribution >= 4 is 5.97 Å². The molecule has 0 aromatic carbocycles. The van der Waals surface area contributed by atoms with Crippen molar-refractivity contribution in [3.05, 3.63) is 0 Å². The van der Waals surface area contributed by atoms with E-state index in [1.54, 1.807) is 0 Å². The van der Waals surface area contributed by atoms with Gasteiger partial charge in [0.05, 0.1) is 0 Å². The minimum absolute atomic E-state index is 0.346. The molecule has 1 N–H and O–H groups in total. The Bertz CT molecular complexity index is 257. The minimum Gasteiger partial charge on any atom is -0.481 e. The van der Waals surface area contributed by atoms with E-state index in [2.05, 4.69) is 16.8 Å². The SMILES string of the molecule is CN1CCC(N2CCCC(CC(=O)O)C2)C1. The number of carboxylic acids is 1. The molecule has 0 amide bonds. The molecule has 0 saturated carbocycles. The molecular formula is C12H22N2O2. The van der Waals surface area contributed by atoms with E-state index in [0.29, 0.717) is 18.4 Å². The van der Waals surface area contributed by atoms with Crippen LogP contribution in [0.15, 0.2) is 0 Å². The summed E-state index contributed by atoms with van der Waals surface area (Å²) in [6, 6.07) is 0.668. The van der Waals surface area contributed by atoms with E-state index in [9.17, 15) is 4.79 Å². The van der Waals surface area contributed by atoms with Crippen LogP contribution < -0.4 is 0 Å². The van der Waals surface area contributed by atoms with E-state index in [1.165, 1.54) is 13.0 Å². The van der Waals surface area contributed by atoms with Crippen LogP contribution in [0, 0.1) is 5.92 Å². The minimum atomic E-state index is -0.643. The van der Waals surface area contributed by atoms with E-state index >= 15 is 0 Å². The fraction of sp³-hybridized carbons (Fsp3) is 0.917. The van der Waals surface area contributed by atoms with Gasteiger partial charge in [0.25, 0.3) is 0 Å². The molecule has 0 aromatic rings. The lowest BCUT2D eigenvalue weighted by Gasteiger charge is -2.36. The summed E-state index contributed by atoms with van der Waals surface area (Å²) in [4.78, 5) is 15.6. The number of hydrogen-bond acceptors (Lipinski definition) is 3. The molecule has 4 heteroatoms. The van der Waals surface area contributed by atoms with Crippen molar-refractivity contribution in [1.82, 2.24) is 9.80 Å². The van der Waals surface area contributed by atoms with Gasteiger partial charge >= 0.3 is 5.97 Å². The van der Waals surface area contributed by atoms with Gasteiger partial charge in [-0.15, -0.1) is 0 Å². The highest BCUT2D eigenvalue weighted by Crippen LogP contribution is 2.24. The maximum Gasteiger partial charge on any atom is 0.303 e. The summed E-state index contributed by atoms with van der Waals surface area (Å²) in [6.07, 6.45) is 3.85. The highest BCUT2D eigenvalue weighted by Gasteiger charge is 2.30. The number of carbonyl (C=O) groups is 1. The van der Waals surface area contributed by atoms with Gasteiger partial charge in [-0.1, -0.05) is 0 Å². The molecule has 4 nitrogen and oxygen atoms in total. The second-order valence-electron chi connectivity index (χ2n) is 5.31. The zero-order valence-corrected chi connectivity index (χ0v) is 10.1. The van der Waals surface area contributed by atoms with E-state index < -0.39 is 5.97 Å². The molecular weight excluding hydrogens is 204 g/mol. The first-order valence-electron chi connectivity index (χ1n) is 6.29. The van der Waals surface area contributed by atoms with Gasteiger partial charge in [-0.25, -0.2) is 0 Å². The van der Waals surface area contributed by atoms with Gasteiger partial charge in [-0.05, 0) is 45.3 Å². The van der Waals surface area contributed by atoms with Crippen molar-refractivity contribution in [3.8, 4) is 0 Å². The Morgan fingerprint density at radius 1 is 1.31 bits per heavy atom. The van der Waals surface area contributed by atoms with Crippen molar-refractivity contribution in [2.45, 2.75) is 31.7 Å². The molecule has 0 radical (unpaired) electrons. The van der Waals surface area contributed by atoms with Crippen LogP contribution >= 0.6 is 0 Å². The summed E-state index contributed by atoms with van der Waals surface area (Å²) in [5.74, 6) is -0.271. The summed E-state index contributed by atoms with van der Waals surface area (Å²) in [6.45, 7) is 4.49. The molecule has 2 saturated heterocycles. The van der Waals surface area contributed by atoms with E-state index in [1.807, 2.05) is 0 Å². The molecule has 2 aliphatic heterocycles. The number of hydrogen-bond donors (Lipinski definition) is 1. The topological polar surface area (TPSA) is 43.8 Å². The Hall–Kier alpha value is -0.610. The van der Waals surface area contributed by atoms with E-state index in [0.717, 1.165) is 32.5 Å². The van der Waals surface area contributed by atoms with Gasteiger partial charge in [-0.3, -0.25) is 9.69 Å². The highest BCUT2D eigenvalue weighted by molar-refractivity contribution is 5.67. The molecule has 2 fully saturated rings. The Labute approximate surface area is 97.2 Å². The number of likely N-dealkylation sites (N-methyl/N-ethyl adjacent to an activating group) is 1. The van der Waals surface area contributed by atoms with Gasteiger partial charge in [0.2, 0.25) is 0 Å². The van der Waals surface area contributed by atoms with Crippen molar-refractivity contribution < 1.29 is 9.90 Å². The Kier molecular flexibility index (Phi) is 3.82. The summed E-state index contributed by atoms with van der Waals surface area (Å²) in [7, 11) is 2.17. The van der Waals surface area contributed by atoms with Gasteiger partial charge < -0.3 is 10.0 Å². The third-order valence-corrected chi connectivity index (χ3v) is 3.90. The van der Waals surface area contributed by atoms with Gasteiger partial charge in [0.15, 0.2) is 0 Å². The Morgan fingerprint density at radius 3 is 2.75 bits per heavy atom. The number of carboxylic acid groups (broad SMARTS) is 1. The number of aliphatic carboxylic acids is 1. The van der Waals surface area contributed by atoms with Gasteiger partial charge in [0.1, 0.15) is 0 Å². The van der Waals surface area contributed by atoms with Crippen LogP contribution in [0.4, 0.5) is 0 Å². The lowest BCUT2D eigenvalue weighted by atomic mass is 9.93. The van der Waals surface area contributed by atoms with Crippen molar-refractivity contribution in [2.75, 3.05) is 33.2 Å². The maximum absolute atomic E-state index is 10.7. The van der Waals surface area contributed by atoms with E-state index in [-0.39, 0.29) is 0 Å². The lowest BCUT2D eigenvalue weighted by Crippen LogP contribution is -2.44. The van der Waals surface area contributed by atoms with Crippen LogP contribution in [-0.2, 0) is 4.79 Å². The van der Waals surface area contributed by atoms with Crippen LogP contribution in [0.5, 0.6) is 0 Å². The number of piperidine rings is 1. The van der Waals surface area contributed by atoms with Crippen molar-refractivity contribution in [3.63, 3.8) is 0 Å². The van der Waals surface area contributed by atoms with Crippen LogP contribution in [-0.4, -0.2) is 60.1 Å². The van der Waals surface area contributed by atoms with Gasteiger partial charge in [0, 0.05) is 25.6 Å². The first-order chi connectivity index (χ1) is 7.65. The summed E-state index contributed by atoms with van der Waals surface area (Å²) < 4.78 is 0. The fourth-order valence-corrected chi connectivity index (χ4v) is 3.05. The molecule has 0 aliphatic carbocycles. The normalized spacial score (nSPS) is 33.1. The Morgan fingerprint density at radius 2 is 2.12 bits per heavy atom. The molecule has 2 heterocycles. The predicted octanol–water partition coefficient (Wildman–Crippen LogP) is 0.877.